The van der Waals surface area contributed by atoms with E-state index in [1.54, 1.807) is 22.5 Å². The summed E-state index contributed by atoms with van der Waals surface area (Å²) in [5.74, 6) is 0.873. The van der Waals surface area contributed by atoms with E-state index in [0.717, 1.165) is 11.5 Å². The molecule has 1 saturated carbocycles. The number of thiophene rings is 1. The summed E-state index contributed by atoms with van der Waals surface area (Å²) in [6, 6.07) is 8.41. The Morgan fingerprint density at radius 1 is 1.39 bits per heavy atom. The van der Waals surface area contributed by atoms with Crippen molar-refractivity contribution in [1.29, 1.82) is 0 Å². The molecule has 3 aromatic heterocycles. The lowest BCUT2D eigenvalue weighted by Crippen LogP contribution is -2.28. The van der Waals surface area contributed by atoms with Crippen molar-refractivity contribution in [2.24, 2.45) is 0 Å². The van der Waals surface area contributed by atoms with Crippen LogP contribution in [0.3, 0.4) is 0 Å². The van der Waals surface area contributed by atoms with Crippen molar-refractivity contribution in [3.05, 3.63) is 47.4 Å². The van der Waals surface area contributed by atoms with Crippen molar-refractivity contribution in [1.82, 2.24) is 9.47 Å². The Balaban J connectivity index is 1.68. The molecular weight excluding hydrogens is 308 g/mol. The van der Waals surface area contributed by atoms with E-state index in [1.807, 2.05) is 19.2 Å². The van der Waals surface area contributed by atoms with E-state index in [1.165, 1.54) is 35.9 Å². The van der Waals surface area contributed by atoms with E-state index >= 15 is 0 Å². The van der Waals surface area contributed by atoms with Crippen LogP contribution < -0.4 is 0 Å². The van der Waals surface area contributed by atoms with Gasteiger partial charge in [-0.1, -0.05) is 12.8 Å². The quantitative estimate of drug-likeness (QED) is 0.697. The molecular formula is C18H20N2O2S. The van der Waals surface area contributed by atoms with Gasteiger partial charge in [0.1, 0.15) is 11.5 Å². The van der Waals surface area contributed by atoms with Crippen LogP contribution in [0.1, 0.15) is 48.0 Å². The largest absolute Gasteiger partial charge is 0.467 e. The van der Waals surface area contributed by atoms with Crippen LogP contribution in [0.4, 0.5) is 0 Å². The van der Waals surface area contributed by atoms with Gasteiger partial charge in [0, 0.05) is 13.1 Å². The average Bonchev–Trinajstić information content (AvgIpc) is 3.29. The van der Waals surface area contributed by atoms with Crippen molar-refractivity contribution in [3.63, 3.8) is 0 Å². The molecule has 23 heavy (non-hydrogen) atoms. The van der Waals surface area contributed by atoms with Crippen LogP contribution >= 0.6 is 11.3 Å². The number of carbonyl (C=O) groups is 1. The van der Waals surface area contributed by atoms with E-state index < -0.39 is 0 Å². The van der Waals surface area contributed by atoms with Gasteiger partial charge in [-0.25, -0.2) is 0 Å². The zero-order valence-corrected chi connectivity index (χ0v) is 14.0. The molecule has 5 heteroatoms. The van der Waals surface area contributed by atoms with Crippen molar-refractivity contribution in [2.75, 3.05) is 7.05 Å². The molecule has 4 rings (SSSR count). The number of amides is 1. The van der Waals surface area contributed by atoms with Crippen molar-refractivity contribution < 1.29 is 9.21 Å². The fourth-order valence-electron chi connectivity index (χ4n) is 3.57. The van der Waals surface area contributed by atoms with Gasteiger partial charge in [0.25, 0.3) is 5.91 Å². The maximum absolute atomic E-state index is 13.0. The molecule has 0 spiro atoms. The molecule has 0 atom stereocenters. The first-order valence-corrected chi connectivity index (χ1v) is 8.98. The molecule has 0 radical (unpaired) electrons. The Hall–Kier alpha value is -2.01. The Kier molecular flexibility index (Phi) is 3.73. The first-order chi connectivity index (χ1) is 11.2. The number of fused-ring (bicyclic) bond motifs is 1. The molecule has 1 aliphatic rings. The Bertz CT molecular complexity index is 809. The van der Waals surface area contributed by atoms with Gasteiger partial charge in [0.05, 0.1) is 23.0 Å². The molecule has 0 bridgehead atoms. The summed E-state index contributed by atoms with van der Waals surface area (Å²) < 4.78 is 8.84. The van der Waals surface area contributed by atoms with E-state index in [4.69, 9.17) is 4.42 Å². The predicted octanol–water partition coefficient (Wildman–Crippen LogP) is 4.68. The van der Waals surface area contributed by atoms with Crippen molar-refractivity contribution in [2.45, 2.75) is 38.3 Å². The molecule has 0 N–H and O–H groups in total. The fraction of sp³-hybridized carbons (Fsp3) is 0.389. The first kappa shape index (κ1) is 14.6. The van der Waals surface area contributed by atoms with Gasteiger partial charge in [-0.2, -0.15) is 0 Å². The van der Waals surface area contributed by atoms with Crippen LogP contribution in [0, 0.1) is 0 Å². The van der Waals surface area contributed by atoms with Gasteiger partial charge in [-0.05, 0) is 42.5 Å². The van der Waals surface area contributed by atoms with E-state index in [0.29, 0.717) is 12.6 Å². The maximum atomic E-state index is 13.0. The fourth-order valence-corrected chi connectivity index (χ4v) is 4.38. The molecule has 0 saturated heterocycles. The van der Waals surface area contributed by atoms with Gasteiger partial charge < -0.3 is 13.9 Å². The van der Waals surface area contributed by atoms with E-state index in [-0.39, 0.29) is 5.91 Å². The van der Waals surface area contributed by atoms with Gasteiger partial charge in [0.2, 0.25) is 0 Å². The van der Waals surface area contributed by atoms with Crippen molar-refractivity contribution >= 4 is 27.5 Å². The second-order valence-electron chi connectivity index (χ2n) is 6.25. The minimum absolute atomic E-state index is 0.0664. The molecule has 3 aromatic rings. The third kappa shape index (κ3) is 2.59. The summed E-state index contributed by atoms with van der Waals surface area (Å²) in [4.78, 5) is 14.7. The van der Waals surface area contributed by atoms with Crippen LogP contribution in [0.2, 0.25) is 0 Å². The first-order valence-electron chi connectivity index (χ1n) is 8.10. The Morgan fingerprint density at radius 3 is 2.96 bits per heavy atom. The molecule has 3 heterocycles. The SMILES string of the molecule is CN(Cc1ccco1)C(=O)c1cc2sccc2n1C1CCCC1. The topological polar surface area (TPSA) is 38.4 Å². The minimum atomic E-state index is 0.0664. The smallest absolute Gasteiger partial charge is 0.270 e. The number of furan rings is 1. The summed E-state index contributed by atoms with van der Waals surface area (Å²) in [7, 11) is 1.84. The van der Waals surface area contributed by atoms with Gasteiger partial charge in [-0.15, -0.1) is 11.3 Å². The lowest BCUT2D eigenvalue weighted by atomic mass is 10.2. The summed E-state index contributed by atoms with van der Waals surface area (Å²) in [6.45, 7) is 0.495. The molecule has 0 unspecified atom stereocenters. The highest BCUT2D eigenvalue weighted by Crippen LogP contribution is 2.36. The van der Waals surface area contributed by atoms with Gasteiger partial charge >= 0.3 is 0 Å². The summed E-state index contributed by atoms with van der Waals surface area (Å²) in [6.07, 6.45) is 6.49. The normalized spacial score (nSPS) is 15.5. The van der Waals surface area contributed by atoms with Crippen molar-refractivity contribution in [3.8, 4) is 0 Å². The lowest BCUT2D eigenvalue weighted by Gasteiger charge is -2.21. The van der Waals surface area contributed by atoms with E-state index in [2.05, 4.69) is 22.1 Å². The number of hydrogen-bond acceptors (Lipinski definition) is 3. The third-order valence-corrected chi connectivity index (χ3v) is 5.54. The zero-order chi connectivity index (χ0) is 15.8. The minimum Gasteiger partial charge on any atom is -0.467 e. The number of nitrogens with zero attached hydrogens (tertiary/aromatic N) is 2. The van der Waals surface area contributed by atoms with Crippen LogP contribution in [-0.4, -0.2) is 22.4 Å². The third-order valence-electron chi connectivity index (χ3n) is 4.69. The average molecular weight is 328 g/mol. The highest BCUT2D eigenvalue weighted by Gasteiger charge is 2.26. The Morgan fingerprint density at radius 2 is 2.22 bits per heavy atom. The van der Waals surface area contributed by atoms with Gasteiger partial charge in [-0.3, -0.25) is 4.79 Å². The van der Waals surface area contributed by atoms with E-state index in [9.17, 15) is 4.79 Å². The molecule has 1 fully saturated rings. The monoisotopic (exact) mass is 328 g/mol. The maximum Gasteiger partial charge on any atom is 0.270 e. The zero-order valence-electron chi connectivity index (χ0n) is 13.2. The van der Waals surface area contributed by atoms with Crippen LogP contribution in [0.5, 0.6) is 0 Å². The number of hydrogen-bond donors (Lipinski definition) is 0. The number of aromatic nitrogens is 1. The summed E-state index contributed by atoms with van der Waals surface area (Å²) in [5.41, 5.74) is 2.02. The van der Waals surface area contributed by atoms with Gasteiger partial charge in [0.15, 0.2) is 0 Å². The standard InChI is InChI=1S/C18H20N2O2S/c1-19(12-14-7-4-9-22-14)18(21)16-11-17-15(8-10-23-17)20(16)13-5-2-3-6-13/h4,7-11,13H,2-3,5-6,12H2,1H3. The predicted molar refractivity (Wildman–Crippen MR) is 91.8 cm³/mol. The molecule has 1 amide bonds. The Labute approximate surface area is 139 Å². The second kappa shape index (κ2) is 5.89. The van der Waals surface area contributed by atoms with Crippen LogP contribution in [0.25, 0.3) is 10.2 Å². The highest BCUT2D eigenvalue weighted by molar-refractivity contribution is 7.17. The molecule has 120 valence electrons. The summed E-state index contributed by atoms with van der Waals surface area (Å²) >= 11 is 1.71. The molecule has 0 aliphatic heterocycles. The second-order valence-corrected chi connectivity index (χ2v) is 7.20. The lowest BCUT2D eigenvalue weighted by molar-refractivity contribution is 0.0763. The van der Waals surface area contributed by atoms with Crippen LogP contribution in [-0.2, 0) is 6.54 Å². The molecule has 1 aliphatic carbocycles. The highest BCUT2D eigenvalue weighted by atomic mass is 32.1. The summed E-state index contributed by atoms with van der Waals surface area (Å²) in [5, 5.41) is 2.11. The number of carbonyl (C=O) groups excluding carboxylic acids is 1. The molecule has 4 nitrogen and oxygen atoms in total. The molecule has 0 aromatic carbocycles. The number of rotatable bonds is 4. The van der Waals surface area contributed by atoms with Crippen LogP contribution in [0.15, 0.2) is 40.3 Å².